The van der Waals surface area contributed by atoms with Crippen molar-refractivity contribution in [2.45, 2.75) is 18.9 Å². The first kappa shape index (κ1) is 14.0. The van der Waals surface area contributed by atoms with Crippen LogP contribution in [0.15, 0.2) is 35.3 Å². The van der Waals surface area contributed by atoms with E-state index in [0.29, 0.717) is 17.8 Å². The molecule has 19 heavy (non-hydrogen) atoms. The van der Waals surface area contributed by atoms with E-state index in [1.54, 1.807) is 24.3 Å². The summed E-state index contributed by atoms with van der Waals surface area (Å²) >= 11 is 3.32. The third-order valence-electron chi connectivity index (χ3n) is 3.11. The van der Waals surface area contributed by atoms with E-state index in [4.69, 9.17) is 0 Å². The van der Waals surface area contributed by atoms with Gasteiger partial charge in [0.2, 0.25) is 0 Å². The molecule has 1 aromatic rings. The van der Waals surface area contributed by atoms with E-state index < -0.39 is 11.5 Å². The van der Waals surface area contributed by atoms with Gasteiger partial charge in [0.05, 0.1) is 5.69 Å². The number of carbonyl (C=O) groups excluding carboxylic acids is 2. The Labute approximate surface area is 119 Å². The molecular weight excluding hydrogens is 310 g/mol. The highest BCUT2D eigenvalue weighted by Gasteiger charge is 2.50. The molecular formula is C14H14BrNO3. The fourth-order valence-electron chi connectivity index (χ4n) is 2.36. The van der Waals surface area contributed by atoms with Crippen molar-refractivity contribution in [2.75, 3.05) is 11.4 Å². The van der Waals surface area contributed by atoms with E-state index >= 15 is 0 Å². The number of anilines is 1. The highest BCUT2D eigenvalue weighted by Crippen LogP contribution is 2.43. The second kappa shape index (κ2) is 4.90. The zero-order valence-corrected chi connectivity index (χ0v) is 12.1. The molecule has 1 atom stereocenters. The number of aliphatic hydroxyl groups is 1. The van der Waals surface area contributed by atoms with Crippen LogP contribution in [0.4, 0.5) is 5.69 Å². The van der Waals surface area contributed by atoms with Gasteiger partial charge in [0, 0.05) is 23.0 Å². The molecule has 4 nitrogen and oxygen atoms in total. The summed E-state index contributed by atoms with van der Waals surface area (Å²) in [5.41, 5.74) is -0.686. The van der Waals surface area contributed by atoms with Crippen molar-refractivity contribution in [3.8, 4) is 0 Å². The molecule has 1 amide bonds. The molecule has 1 aliphatic rings. The molecule has 1 aliphatic heterocycles. The molecule has 100 valence electrons. The lowest BCUT2D eigenvalue weighted by molar-refractivity contribution is -0.141. The van der Waals surface area contributed by atoms with Gasteiger partial charge in [0.25, 0.3) is 5.91 Å². The Morgan fingerprint density at radius 2 is 2.26 bits per heavy atom. The van der Waals surface area contributed by atoms with Crippen molar-refractivity contribution in [1.29, 1.82) is 0 Å². The zero-order valence-electron chi connectivity index (χ0n) is 10.5. The molecule has 2 rings (SSSR count). The Morgan fingerprint density at radius 1 is 1.58 bits per heavy atom. The number of hydrogen-bond acceptors (Lipinski definition) is 3. The molecule has 0 bridgehead atoms. The summed E-state index contributed by atoms with van der Waals surface area (Å²) in [4.78, 5) is 25.2. The van der Waals surface area contributed by atoms with E-state index in [-0.39, 0.29) is 12.2 Å². The van der Waals surface area contributed by atoms with Crippen LogP contribution in [0.2, 0.25) is 0 Å². The van der Waals surface area contributed by atoms with Gasteiger partial charge < -0.3 is 10.0 Å². The van der Waals surface area contributed by atoms with Crippen molar-refractivity contribution in [3.63, 3.8) is 0 Å². The zero-order chi connectivity index (χ0) is 14.2. The highest BCUT2D eigenvalue weighted by molar-refractivity contribution is 9.10. The van der Waals surface area contributed by atoms with Crippen LogP contribution in [0.3, 0.4) is 0 Å². The van der Waals surface area contributed by atoms with Crippen LogP contribution in [0, 0.1) is 0 Å². The second-order valence-electron chi connectivity index (χ2n) is 4.60. The van der Waals surface area contributed by atoms with Crippen molar-refractivity contribution < 1.29 is 14.7 Å². The van der Waals surface area contributed by atoms with Crippen LogP contribution < -0.4 is 4.90 Å². The monoisotopic (exact) mass is 323 g/mol. The maximum Gasteiger partial charge on any atom is 0.264 e. The number of rotatable bonds is 4. The molecule has 0 saturated carbocycles. The first-order valence-corrected chi connectivity index (χ1v) is 6.64. The average molecular weight is 324 g/mol. The van der Waals surface area contributed by atoms with Crippen LogP contribution in [-0.4, -0.2) is 23.3 Å². The first-order chi connectivity index (χ1) is 8.90. The van der Waals surface area contributed by atoms with Crippen molar-refractivity contribution in [1.82, 2.24) is 0 Å². The summed E-state index contributed by atoms with van der Waals surface area (Å²) in [5, 5.41) is 10.6. The topological polar surface area (TPSA) is 57.6 Å². The fourth-order valence-corrected chi connectivity index (χ4v) is 2.73. The molecule has 1 N–H and O–H groups in total. The number of benzene rings is 1. The van der Waals surface area contributed by atoms with Gasteiger partial charge in [-0.25, -0.2) is 0 Å². The largest absolute Gasteiger partial charge is 0.375 e. The predicted octanol–water partition coefficient (Wildman–Crippen LogP) is 2.15. The fraction of sp³-hybridized carbons (Fsp3) is 0.286. The van der Waals surface area contributed by atoms with Gasteiger partial charge >= 0.3 is 0 Å². The van der Waals surface area contributed by atoms with Crippen LogP contribution >= 0.6 is 15.9 Å². The summed E-state index contributed by atoms with van der Waals surface area (Å²) in [6.07, 6.45) is 1.37. The number of ketones is 1. The molecule has 0 aliphatic carbocycles. The Morgan fingerprint density at radius 3 is 2.84 bits per heavy atom. The Kier molecular flexibility index (Phi) is 3.60. The molecule has 0 radical (unpaired) electrons. The molecule has 0 spiro atoms. The van der Waals surface area contributed by atoms with Gasteiger partial charge in [-0.05, 0) is 25.1 Å². The lowest BCUT2D eigenvalue weighted by Gasteiger charge is -2.21. The lowest BCUT2D eigenvalue weighted by atomic mass is 9.90. The number of Topliss-reactive ketones (excluding diaryl/α,β-unsaturated/α-hetero) is 1. The minimum Gasteiger partial charge on any atom is -0.375 e. The maximum atomic E-state index is 12.4. The first-order valence-electron chi connectivity index (χ1n) is 5.85. The Balaban J connectivity index is 2.59. The molecule has 1 heterocycles. The van der Waals surface area contributed by atoms with Gasteiger partial charge in [-0.15, -0.1) is 6.58 Å². The van der Waals surface area contributed by atoms with E-state index in [1.807, 2.05) is 0 Å². The summed E-state index contributed by atoms with van der Waals surface area (Å²) in [6.45, 7) is 5.27. The summed E-state index contributed by atoms with van der Waals surface area (Å²) in [7, 11) is 0. The van der Waals surface area contributed by atoms with Crippen LogP contribution in [-0.2, 0) is 15.2 Å². The number of hydrogen-bond donors (Lipinski definition) is 1. The number of amides is 1. The minimum absolute atomic E-state index is 0.219. The standard InChI is InChI=1S/C14H14BrNO3/c1-3-6-16-12-5-4-10(15)7-11(12)14(19,13(16)18)8-9(2)17/h3-5,7,19H,1,6,8H2,2H3/t14-/m1/s1. The maximum absolute atomic E-state index is 12.4. The molecule has 5 heteroatoms. The Hall–Kier alpha value is -1.46. The lowest BCUT2D eigenvalue weighted by Crippen LogP contribution is -2.41. The SMILES string of the molecule is C=CCN1C(=O)[C@@](O)(CC(C)=O)c2cc(Br)ccc21. The number of fused-ring (bicyclic) bond motifs is 1. The molecule has 0 fully saturated rings. The highest BCUT2D eigenvalue weighted by atomic mass is 79.9. The third kappa shape index (κ3) is 2.24. The summed E-state index contributed by atoms with van der Waals surface area (Å²) in [6, 6.07) is 5.22. The Bertz CT molecular complexity index is 570. The predicted molar refractivity (Wildman–Crippen MR) is 75.9 cm³/mol. The van der Waals surface area contributed by atoms with Crippen molar-refractivity contribution in [2.24, 2.45) is 0 Å². The molecule has 0 saturated heterocycles. The van der Waals surface area contributed by atoms with Gasteiger partial charge in [0.1, 0.15) is 5.78 Å². The van der Waals surface area contributed by atoms with Gasteiger partial charge in [-0.3, -0.25) is 9.59 Å². The van der Waals surface area contributed by atoms with Crippen LogP contribution in [0.5, 0.6) is 0 Å². The average Bonchev–Trinajstić information content (AvgIpc) is 2.51. The smallest absolute Gasteiger partial charge is 0.264 e. The number of halogens is 1. The van der Waals surface area contributed by atoms with Gasteiger partial charge in [-0.1, -0.05) is 22.0 Å². The van der Waals surface area contributed by atoms with Crippen LogP contribution in [0.25, 0.3) is 0 Å². The number of carbonyl (C=O) groups is 2. The second-order valence-corrected chi connectivity index (χ2v) is 5.52. The third-order valence-corrected chi connectivity index (χ3v) is 3.60. The number of nitrogens with zero attached hydrogens (tertiary/aromatic N) is 1. The normalized spacial score (nSPS) is 21.4. The van der Waals surface area contributed by atoms with E-state index in [9.17, 15) is 14.7 Å². The summed E-state index contributed by atoms with van der Waals surface area (Å²) < 4.78 is 0.751. The summed E-state index contributed by atoms with van der Waals surface area (Å²) in [5.74, 6) is -0.710. The van der Waals surface area contributed by atoms with Crippen LogP contribution in [0.1, 0.15) is 18.9 Å². The van der Waals surface area contributed by atoms with E-state index in [2.05, 4.69) is 22.5 Å². The minimum atomic E-state index is -1.77. The van der Waals surface area contributed by atoms with Crippen molar-refractivity contribution in [3.05, 3.63) is 40.9 Å². The van der Waals surface area contributed by atoms with E-state index in [1.165, 1.54) is 11.8 Å². The van der Waals surface area contributed by atoms with E-state index in [0.717, 1.165) is 4.47 Å². The van der Waals surface area contributed by atoms with Crippen molar-refractivity contribution >= 4 is 33.3 Å². The van der Waals surface area contributed by atoms with Gasteiger partial charge in [-0.2, -0.15) is 0 Å². The molecule has 1 aromatic carbocycles. The quantitative estimate of drug-likeness (QED) is 0.864. The molecule has 0 aromatic heterocycles. The van der Waals surface area contributed by atoms with Gasteiger partial charge in [0.15, 0.2) is 5.60 Å². The molecule has 0 unspecified atom stereocenters.